The van der Waals surface area contributed by atoms with Crippen molar-refractivity contribution in [3.05, 3.63) is 53.9 Å². The number of nitrogens with one attached hydrogen (secondary N) is 1. The second-order valence-electron chi connectivity index (χ2n) is 4.46. The molecule has 118 valence electrons. The Kier molecular flexibility index (Phi) is 5.48. The van der Waals surface area contributed by atoms with Gasteiger partial charge in [-0.1, -0.05) is 30.3 Å². The van der Waals surface area contributed by atoms with Crippen LogP contribution in [0.5, 0.6) is 0 Å². The lowest BCUT2D eigenvalue weighted by molar-refractivity contribution is -0.141. The lowest BCUT2D eigenvalue weighted by Crippen LogP contribution is -2.16. The van der Waals surface area contributed by atoms with Crippen LogP contribution in [-0.2, 0) is 22.7 Å². The van der Waals surface area contributed by atoms with Crippen LogP contribution in [0.2, 0.25) is 0 Å². The standard InChI is InChI=1S/C14H14F3N3OS/c15-14(16,17)12-6-7-18-13(20-12)19-8-9-22(21)10-11-4-2-1-3-5-11/h1-7H,8-10H2,(H,18,19,20)/t22-/m1/s1. The summed E-state index contributed by atoms with van der Waals surface area (Å²) in [6, 6.07) is 10.2. The number of rotatable bonds is 6. The summed E-state index contributed by atoms with van der Waals surface area (Å²) in [6.07, 6.45) is -3.46. The topological polar surface area (TPSA) is 54.9 Å². The van der Waals surface area contributed by atoms with Crippen molar-refractivity contribution in [1.82, 2.24) is 9.97 Å². The van der Waals surface area contributed by atoms with Crippen LogP contribution in [0.1, 0.15) is 11.3 Å². The number of hydrogen-bond acceptors (Lipinski definition) is 4. The summed E-state index contributed by atoms with van der Waals surface area (Å²) in [5.41, 5.74) is -0.0495. The smallest absolute Gasteiger partial charge is 0.353 e. The van der Waals surface area contributed by atoms with Crippen molar-refractivity contribution >= 4 is 16.7 Å². The minimum atomic E-state index is -4.50. The third-order valence-corrected chi connectivity index (χ3v) is 4.04. The lowest BCUT2D eigenvalue weighted by atomic mass is 10.2. The average Bonchev–Trinajstić information content (AvgIpc) is 2.48. The highest BCUT2D eigenvalue weighted by atomic mass is 32.2. The summed E-state index contributed by atoms with van der Waals surface area (Å²) in [7, 11) is -1.11. The van der Waals surface area contributed by atoms with E-state index in [2.05, 4.69) is 15.3 Å². The molecule has 0 fully saturated rings. The van der Waals surface area contributed by atoms with Crippen LogP contribution < -0.4 is 5.32 Å². The highest BCUT2D eigenvalue weighted by Gasteiger charge is 2.32. The van der Waals surface area contributed by atoms with Crippen LogP contribution in [0.15, 0.2) is 42.6 Å². The van der Waals surface area contributed by atoms with Gasteiger partial charge in [0.05, 0.1) is 0 Å². The van der Waals surface area contributed by atoms with Gasteiger partial charge in [0.1, 0.15) is 5.69 Å². The molecule has 1 atom stereocenters. The molecule has 0 saturated carbocycles. The molecule has 0 amide bonds. The summed E-state index contributed by atoms with van der Waals surface area (Å²) < 4.78 is 49.4. The van der Waals surface area contributed by atoms with Gasteiger partial charge in [0, 0.05) is 35.0 Å². The Morgan fingerprint density at radius 1 is 1.14 bits per heavy atom. The van der Waals surface area contributed by atoms with E-state index in [4.69, 9.17) is 0 Å². The summed E-state index contributed by atoms with van der Waals surface area (Å²) >= 11 is 0. The molecule has 2 rings (SSSR count). The average molecular weight is 329 g/mol. The van der Waals surface area contributed by atoms with Crippen molar-refractivity contribution in [2.24, 2.45) is 0 Å². The van der Waals surface area contributed by atoms with Gasteiger partial charge >= 0.3 is 6.18 Å². The molecule has 0 aliphatic carbocycles. The maximum Gasteiger partial charge on any atom is 0.433 e. The molecule has 0 saturated heterocycles. The first kappa shape index (κ1) is 16.4. The van der Waals surface area contributed by atoms with Gasteiger partial charge in [-0.05, 0) is 11.6 Å². The van der Waals surface area contributed by atoms with Crippen LogP contribution in [0.3, 0.4) is 0 Å². The fourth-order valence-electron chi connectivity index (χ4n) is 1.71. The van der Waals surface area contributed by atoms with Crippen LogP contribution in [0, 0.1) is 0 Å². The molecule has 0 bridgehead atoms. The number of anilines is 1. The van der Waals surface area contributed by atoms with Crippen molar-refractivity contribution in [2.75, 3.05) is 17.6 Å². The summed E-state index contributed by atoms with van der Waals surface area (Å²) in [5.74, 6) is 0.590. The number of halogens is 3. The molecular weight excluding hydrogens is 315 g/mol. The molecule has 4 nitrogen and oxygen atoms in total. The van der Waals surface area contributed by atoms with Crippen LogP contribution >= 0.6 is 0 Å². The molecule has 8 heteroatoms. The van der Waals surface area contributed by atoms with Gasteiger partial charge in [-0.3, -0.25) is 4.21 Å². The predicted octanol–water partition coefficient (Wildman–Crippen LogP) is 2.86. The molecule has 22 heavy (non-hydrogen) atoms. The largest absolute Gasteiger partial charge is 0.433 e. The highest BCUT2D eigenvalue weighted by Crippen LogP contribution is 2.27. The van der Waals surface area contributed by atoms with Crippen molar-refractivity contribution < 1.29 is 17.4 Å². The second-order valence-corrected chi connectivity index (χ2v) is 6.04. The minimum Gasteiger partial charge on any atom is -0.353 e. The molecule has 0 aliphatic rings. The van der Waals surface area contributed by atoms with Crippen molar-refractivity contribution in [3.8, 4) is 0 Å². The Morgan fingerprint density at radius 3 is 2.55 bits per heavy atom. The molecule has 1 aromatic heterocycles. The van der Waals surface area contributed by atoms with Gasteiger partial charge in [-0.2, -0.15) is 13.2 Å². The van der Waals surface area contributed by atoms with E-state index < -0.39 is 22.7 Å². The van der Waals surface area contributed by atoms with Gasteiger partial charge in [-0.25, -0.2) is 9.97 Å². The summed E-state index contributed by atoms with van der Waals surface area (Å²) in [6.45, 7) is 0.237. The van der Waals surface area contributed by atoms with Crippen molar-refractivity contribution in [1.29, 1.82) is 0 Å². The molecule has 1 N–H and O–H groups in total. The third-order valence-electron chi connectivity index (χ3n) is 2.73. The molecule has 2 aromatic rings. The highest BCUT2D eigenvalue weighted by molar-refractivity contribution is 7.84. The molecule has 0 radical (unpaired) electrons. The molecule has 0 unspecified atom stereocenters. The van der Waals surface area contributed by atoms with Crippen LogP contribution in [-0.4, -0.2) is 26.5 Å². The van der Waals surface area contributed by atoms with Crippen LogP contribution in [0.25, 0.3) is 0 Å². The summed E-state index contributed by atoms with van der Waals surface area (Å²) in [5, 5.41) is 2.66. The first-order chi connectivity index (χ1) is 10.4. The number of benzene rings is 1. The predicted molar refractivity (Wildman–Crippen MR) is 78.7 cm³/mol. The van der Waals surface area contributed by atoms with Gasteiger partial charge in [0.15, 0.2) is 0 Å². The zero-order valence-electron chi connectivity index (χ0n) is 11.5. The minimum absolute atomic E-state index is 0.119. The molecular formula is C14H14F3N3OS. The Bertz CT molecular complexity index is 635. The van der Waals surface area contributed by atoms with E-state index in [9.17, 15) is 17.4 Å². The maximum absolute atomic E-state index is 12.5. The zero-order chi connectivity index (χ0) is 16.0. The molecule has 0 spiro atoms. The van der Waals surface area contributed by atoms with Crippen molar-refractivity contribution in [2.45, 2.75) is 11.9 Å². The number of alkyl halides is 3. The Morgan fingerprint density at radius 2 is 1.86 bits per heavy atom. The molecule has 1 heterocycles. The summed E-state index contributed by atoms with van der Waals surface area (Å²) in [4.78, 5) is 7.09. The maximum atomic E-state index is 12.5. The second kappa shape index (κ2) is 7.35. The van der Waals surface area contributed by atoms with Crippen LogP contribution in [0.4, 0.5) is 19.1 Å². The SMILES string of the molecule is O=[S@](CCNc1nccc(C(F)(F)F)n1)Cc1ccccc1. The number of hydrogen-bond donors (Lipinski definition) is 1. The van der Waals surface area contributed by atoms with E-state index in [1.165, 1.54) is 0 Å². The fraction of sp³-hybridized carbons (Fsp3) is 0.286. The lowest BCUT2D eigenvalue weighted by Gasteiger charge is -2.08. The molecule has 1 aromatic carbocycles. The van der Waals surface area contributed by atoms with Crippen molar-refractivity contribution in [3.63, 3.8) is 0 Å². The Labute approximate surface area is 128 Å². The molecule has 0 aliphatic heterocycles. The fourth-order valence-corrected chi connectivity index (χ4v) is 2.75. The van der Waals surface area contributed by atoms with E-state index in [0.717, 1.165) is 17.8 Å². The first-order valence-corrected chi connectivity index (χ1v) is 7.97. The zero-order valence-corrected chi connectivity index (χ0v) is 12.3. The monoisotopic (exact) mass is 329 g/mol. The quantitative estimate of drug-likeness (QED) is 0.885. The van der Waals surface area contributed by atoms with E-state index in [0.29, 0.717) is 11.5 Å². The normalized spacial score (nSPS) is 12.9. The number of aromatic nitrogens is 2. The Hall–Kier alpha value is -1.96. The van der Waals surface area contributed by atoms with Gasteiger partial charge in [-0.15, -0.1) is 0 Å². The van der Waals surface area contributed by atoms with E-state index in [1.807, 2.05) is 30.3 Å². The van der Waals surface area contributed by atoms with Gasteiger partial charge in [0.25, 0.3) is 0 Å². The van der Waals surface area contributed by atoms with Gasteiger partial charge < -0.3 is 5.32 Å². The number of nitrogens with zero attached hydrogens (tertiary/aromatic N) is 2. The van der Waals surface area contributed by atoms with E-state index in [1.54, 1.807) is 0 Å². The van der Waals surface area contributed by atoms with Gasteiger partial charge in [0.2, 0.25) is 5.95 Å². The Balaban J connectivity index is 1.82. The van der Waals surface area contributed by atoms with E-state index in [-0.39, 0.29) is 12.5 Å². The van der Waals surface area contributed by atoms with E-state index >= 15 is 0 Å². The first-order valence-electron chi connectivity index (χ1n) is 6.48. The third kappa shape index (κ3) is 5.10.